The van der Waals surface area contributed by atoms with Gasteiger partial charge >= 0.3 is 5.97 Å². The summed E-state index contributed by atoms with van der Waals surface area (Å²) in [6.07, 6.45) is -0.330. The molecule has 0 saturated heterocycles. The molecule has 3 rings (SSSR count). The van der Waals surface area contributed by atoms with Gasteiger partial charge in [-0.15, -0.1) is 11.3 Å². The minimum atomic E-state index is -2.59. The Morgan fingerprint density at radius 2 is 2.15 bits per heavy atom. The monoisotopic (exact) mass is 431 g/mol. The smallest absolute Gasteiger partial charge is 0.307 e. The van der Waals surface area contributed by atoms with Crippen LogP contribution in [0.15, 0.2) is 53.9 Å². The summed E-state index contributed by atoms with van der Waals surface area (Å²) in [4.78, 5) is 28.1. The Morgan fingerprint density at radius 1 is 1.44 bits per heavy atom. The van der Waals surface area contributed by atoms with Crippen molar-refractivity contribution in [3.8, 4) is 0 Å². The van der Waals surface area contributed by atoms with E-state index in [4.69, 9.17) is 16.7 Å². The van der Waals surface area contributed by atoms with Crippen molar-refractivity contribution in [1.29, 1.82) is 0 Å². The van der Waals surface area contributed by atoms with Gasteiger partial charge in [0.05, 0.1) is 21.4 Å². The molecular weight excluding hydrogens is 420 g/mol. The highest BCUT2D eigenvalue weighted by Gasteiger charge is 2.35. The summed E-state index contributed by atoms with van der Waals surface area (Å²) in [7, 11) is 0. The summed E-state index contributed by atoms with van der Waals surface area (Å²) in [5.41, 5.74) is 1.78. The molecule has 0 spiro atoms. The second-order valence-electron chi connectivity index (χ2n) is 5.75. The van der Waals surface area contributed by atoms with Gasteiger partial charge in [-0.05, 0) is 30.3 Å². The van der Waals surface area contributed by atoms with Crippen molar-refractivity contribution in [2.24, 2.45) is 4.99 Å². The predicted molar refractivity (Wildman–Crippen MR) is 100 cm³/mol. The number of ketones is 1. The van der Waals surface area contributed by atoms with Crippen LogP contribution in [0.2, 0.25) is 0 Å². The fourth-order valence-electron chi connectivity index (χ4n) is 2.88. The molecule has 1 aliphatic carbocycles. The molecule has 0 radical (unpaired) electrons. The van der Waals surface area contributed by atoms with Gasteiger partial charge in [-0.3, -0.25) is 14.6 Å². The lowest BCUT2D eigenvalue weighted by Crippen LogP contribution is -2.18. The van der Waals surface area contributed by atoms with Crippen LogP contribution in [0.25, 0.3) is 0 Å². The van der Waals surface area contributed by atoms with E-state index in [1.807, 2.05) is 0 Å². The summed E-state index contributed by atoms with van der Waals surface area (Å²) in [5, 5.41) is 20.8. The van der Waals surface area contributed by atoms with Crippen LogP contribution in [0.4, 0.5) is 8.78 Å². The van der Waals surface area contributed by atoms with Gasteiger partial charge in [0.25, 0.3) is 5.76 Å². The van der Waals surface area contributed by atoms with Gasteiger partial charge in [0, 0.05) is 34.2 Å². The zero-order valence-electron chi connectivity index (χ0n) is 13.8. The molecule has 1 aliphatic heterocycles. The van der Waals surface area contributed by atoms with E-state index in [0.29, 0.717) is 34.3 Å². The number of fused-ring (bicyclic) bond motifs is 1. The van der Waals surface area contributed by atoms with E-state index in [-0.39, 0.29) is 33.2 Å². The molecule has 0 aromatic carbocycles. The zero-order chi connectivity index (χ0) is 19.9. The molecule has 10 heteroatoms. The Hall–Kier alpha value is -1.97. The molecule has 0 fully saturated rings. The minimum Gasteiger partial charge on any atom is -0.506 e. The lowest BCUT2D eigenvalue weighted by Gasteiger charge is -2.19. The second kappa shape index (κ2) is 7.57. The van der Waals surface area contributed by atoms with Gasteiger partial charge in [-0.2, -0.15) is 8.78 Å². The van der Waals surface area contributed by atoms with E-state index in [2.05, 4.69) is 4.99 Å². The number of carbonyl (C=O) groups excluding carboxylic acids is 1. The SMILES string of the molecule is CC1=C(CC(=O)O)C2=C(Cl)C(O)=C(C(=O)c3csc(SC(F)F)c3)CC2=N1. The maximum Gasteiger partial charge on any atom is 0.307 e. The van der Waals surface area contributed by atoms with Crippen molar-refractivity contribution in [2.45, 2.75) is 29.7 Å². The molecule has 2 heterocycles. The van der Waals surface area contributed by atoms with E-state index in [1.165, 1.54) is 11.4 Å². The predicted octanol–water partition coefficient (Wildman–Crippen LogP) is 5.16. The lowest BCUT2D eigenvalue weighted by atomic mass is 9.87. The third kappa shape index (κ3) is 3.85. The number of thioether (sulfide) groups is 1. The number of thiophene rings is 1. The van der Waals surface area contributed by atoms with Gasteiger partial charge < -0.3 is 10.2 Å². The molecule has 0 amide bonds. The molecule has 2 aliphatic rings. The highest BCUT2D eigenvalue weighted by atomic mass is 35.5. The number of carboxylic acid groups (broad SMARTS) is 1. The van der Waals surface area contributed by atoms with Crippen LogP contribution in [-0.2, 0) is 4.79 Å². The third-order valence-corrected chi connectivity index (χ3v) is 6.23. The van der Waals surface area contributed by atoms with Crippen LogP contribution >= 0.6 is 34.7 Å². The number of halogens is 3. The summed E-state index contributed by atoms with van der Waals surface area (Å²) in [6, 6.07) is 1.34. The first-order chi connectivity index (χ1) is 12.7. The number of carbonyl (C=O) groups is 2. The Balaban J connectivity index is 1.95. The number of allylic oxidation sites excluding steroid dienone is 4. The Bertz CT molecular complexity index is 975. The first kappa shape index (κ1) is 19.8. The standard InChI is InChI=1S/C17H12ClF2NO4S2/c1-6-8(4-11(22)23)13-10(21-6)3-9(16(25)14(13)18)15(24)7-2-12(26-5-7)27-17(19)20/h2,5,17,25H,3-4H2,1H3,(H,22,23). The number of aliphatic hydroxyl groups excluding tert-OH is 1. The number of aliphatic carboxylic acids is 1. The van der Waals surface area contributed by atoms with Crippen molar-refractivity contribution < 1.29 is 28.6 Å². The Morgan fingerprint density at radius 3 is 2.78 bits per heavy atom. The summed E-state index contributed by atoms with van der Waals surface area (Å²) in [5.74, 6) is -4.63. The normalized spacial score (nSPS) is 17.0. The maximum atomic E-state index is 12.7. The van der Waals surface area contributed by atoms with Gasteiger partial charge in [-0.1, -0.05) is 11.6 Å². The average Bonchev–Trinajstić information content (AvgIpc) is 3.14. The quantitative estimate of drug-likeness (QED) is 0.480. The Labute approximate surface area is 165 Å². The maximum absolute atomic E-state index is 12.7. The van der Waals surface area contributed by atoms with Crippen LogP contribution in [0, 0.1) is 0 Å². The average molecular weight is 432 g/mol. The van der Waals surface area contributed by atoms with E-state index in [1.54, 1.807) is 6.92 Å². The minimum absolute atomic E-state index is 0.00160. The molecule has 142 valence electrons. The number of aliphatic hydroxyl groups is 1. The summed E-state index contributed by atoms with van der Waals surface area (Å²) < 4.78 is 25.2. The first-order valence-electron chi connectivity index (χ1n) is 7.59. The summed E-state index contributed by atoms with van der Waals surface area (Å²) >= 11 is 7.57. The fourth-order valence-corrected chi connectivity index (χ4v) is 4.79. The van der Waals surface area contributed by atoms with Crippen LogP contribution in [0.5, 0.6) is 0 Å². The molecule has 0 unspecified atom stereocenters. The van der Waals surface area contributed by atoms with Gasteiger partial charge in [-0.25, -0.2) is 0 Å². The number of alkyl halides is 2. The molecule has 27 heavy (non-hydrogen) atoms. The van der Waals surface area contributed by atoms with Crippen molar-refractivity contribution >= 4 is 52.2 Å². The second-order valence-corrected chi connectivity index (χ2v) is 8.33. The van der Waals surface area contributed by atoms with Crippen molar-refractivity contribution in [3.05, 3.63) is 50.2 Å². The fraction of sp³-hybridized carbons (Fsp3) is 0.235. The molecule has 0 atom stereocenters. The van der Waals surface area contributed by atoms with Crippen molar-refractivity contribution in [3.63, 3.8) is 0 Å². The zero-order valence-corrected chi connectivity index (χ0v) is 16.1. The third-order valence-electron chi connectivity index (χ3n) is 4.03. The Kier molecular flexibility index (Phi) is 5.55. The number of carboxylic acids is 1. The van der Waals surface area contributed by atoms with Crippen LogP contribution < -0.4 is 0 Å². The number of hydrogen-bond acceptors (Lipinski definition) is 6. The molecular formula is C17H12ClF2NO4S2. The van der Waals surface area contributed by atoms with Gasteiger partial charge in [0.1, 0.15) is 5.76 Å². The van der Waals surface area contributed by atoms with E-state index in [0.717, 1.165) is 11.3 Å². The lowest BCUT2D eigenvalue weighted by molar-refractivity contribution is -0.136. The van der Waals surface area contributed by atoms with Crippen LogP contribution in [-0.4, -0.2) is 33.4 Å². The van der Waals surface area contributed by atoms with Gasteiger partial charge in [0.2, 0.25) is 0 Å². The number of hydrogen-bond donors (Lipinski definition) is 2. The molecule has 1 aromatic rings. The molecule has 0 saturated carbocycles. The van der Waals surface area contributed by atoms with Crippen molar-refractivity contribution in [1.82, 2.24) is 0 Å². The van der Waals surface area contributed by atoms with Crippen LogP contribution in [0.1, 0.15) is 30.1 Å². The van der Waals surface area contributed by atoms with Crippen molar-refractivity contribution in [2.75, 3.05) is 0 Å². The molecule has 2 N–H and O–H groups in total. The number of rotatable bonds is 6. The first-order valence-corrected chi connectivity index (χ1v) is 9.73. The molecule has 1 aromatic heterocycles. The van der Waals surface area contributed by atoms with E-state index < -0.39 is 23.3 Å². The highest BCUT2D eigenvalue weighted by molar-refractivity contribution is 8.01. The topological polar surface area (TPSA) is 87.0 Å². The van der Waals surface area contributed by atoms with Gasteiger partial charge in [0.15, 0.2) is 5.78 Å². The largest absolute Gasteiger partial charge is 0.506 e. The molecule has 5 nitrogen and oxygen atoms in total. The van der Waals surface area contributed by atoms with E-state index in [9.17, 15) is 23.5 Å². The highest BCUT2D eigenvalue weighted by Crippen LogP contribution is 2.41. The number of Topliss-reactive ketones (excluding diaryl/α,β-unsaturated/α-hetero) is 1. The number of nitrogens with zero attached hydrogens (tertiary/aromatic N) is 1. The molecule has 0 bridgehead atoms. The summed E-state index contributed by atoms with van der Waals surface area (Å²) in [6.45, 7) is 1.63. The number of aliphatic imine (C=N–C) groups is 1. The van der Waals surface area contributed by atoms with Crippen LogP contribution in [0.3, 0.4) is 0 Å². The van der Waals surface area contributed by atoms with E-state index >= 15 is 0 Å².